The van der Waals surface area contributed by atoms with Crippen LogP contribution in [0.1, 0.15) is 37.0 Å². The number of thiophene rings is 1. The molecule has 1 aromatic carbocycles. The van der Waals surface area contributed by atoms with Gasteiger partial charge in [-0.1, -0.05) is 12.1 Å². The number of rotatable bonds is 5. The zero-order valence-corrected chi connectivity index (χ0v) is 17.8. The normalized spacial score (nSPS) is 11.9. The molecule has 0 saturated heterocycles. The SMILES string of the molecule is CC(C)(C)NC(=O)CNC(=O)c1nc(-c2cccs2)n(-c2cccc(C(F)(F)F)c2)n1. The molecule has 0 atom stereocenters. The van der Waals surface area contributed by atoms with Gasteiger partial charge in [0, 0.05) is 5.54 Å². The van der Waals surface area contributed by atoms with Gasteiger partial charge in [0.1, 0.15) is 0 Å². The summed E-state index contributed by atoms with van der Waals surface area (Å²) in [6.07, 6.45) is -4.53. The maximum absolute atomic E-state index is 13.1. The van der Waals surface area contributed by atoms with E-state index >= 15 is 0 Å². The van der Waals surface area contributed by atoms with Crippen molar-refractivity contribution in [2.24, 2.45) is 0 Å². The summed E-state index contributed by atoms with van der Waals surface area (Å²) in [4.78, 5) is 29.3. The lowest BCUT2D eigenvalue weighted by Crippen LogP contribution is -2.46. The average Bonchev–Trinajstić information content (AvgIpc) is 3.33. The van der Waals surface area contributed by atoms with Crippen LogP contribution in [-0.4, -0.2) is 38.7 Å². The molecule has 11 heteroatoms. The predicted molar refractivity (Wildman–Crippen MR) is 110 cm³/mol. The third-order valence-electron chi connectivity index (χ3n) is 3.89. The molecule has 0 unspecified atom stereocenters. The number of hydrogen-bond donors (Lipinski definition) is 2. The van der Waals surface area contributed by atoms with E-state index in [0.29, 0.717) is 4.88 Å². The van der Waals surface area contributed by atoms with Gasteiger partial charge in [-0.25, -0.2) is 9.67 Å². The zero-order valence-electron chi connectivity index (χ0n) is 16.9. The summed E-state index contributed by atoms with van der Waals surface area (Å²) in [6.45, 7) is 5.12. The predicted octanol–water partition coefficient (Wildman–Crippen LogP) is 3.66. The monoisotopic (exact) mass is 451 g/mol. The van der Waals surface area contributed by atoms with E-state index < -0.39 is 29.1 Å². The van der Waals surface area contributed by atoms with Crippen molar-refractivity contribution in [1.82, 2.24) is 25.4 Å². The lowest BCUT2D eigenvalue weighted by atomic mass is 10.1. The Labute approximate surface area is 180 Å². The molecule has 0 aliphatic rings. The van der Waals surface area contributed by atoms with Crippen LogP contribution in [0, 0.1) is 0 Å². The molecular formula is C20H20F3N5O2S. The van der Waals surface area contributed by atoms with Crippen LogP contribution in [0.15, 0.2) is 41.8 Å². The molecular weight excluding hydrogens is 431 g/mol. The Balaban J connectivity index is 1.91. The molecule has 2 N–H and O–H groups in total. The molecule has 0 radical (unpaired) electrons. The maximum Gasteiger partial charge on any atom is 0.416 e. The van der Waals surface area contributed by atoms with Crippen LogP contribution in [0.3, 0.4) is 0 Å². The minimum absolute atomic E-state index is 0.107. The van der Waals surface area contributed by atoms with Gasteiger partial charge in [0.2, 0.25) is 11.7 Å². The molecule has 0 bridgehead atoms. The number of aromatic nitrogens is 3. The van der Waals surface area contributed by atoms with Crippen molar-refractivity contribution in [2.45, 2.75) is 32.5 Å². The number of amides is 2. The quantitative estimate of drug-likeness (QED) is 0.620. The highest BCUT2D eigenvalue weighted by Crippen LogP contribution is 2.32. The molecule has 3 aromatic rings. The van der Waals surface area contributed by atoms with Gasteiger partial charge < -0.3 is 10.6 Å². The van der Waals surface area contributed by atoms with Gasteiger partial charge in [0.05, 0.1) is 22.7 Å². The summed E-state index contributed by atoms with van der Waals surface area (Å²) in [5.74, 6) is -1.15. The summed E-state index contributed by atoms with van der Waals surface area (Å²) in [5, 5.41) is 11.0. The minimum Gasteiger partial charge on any atom is -0.350 e. The van der Waals surface area contributed by atoms with Crippen molar-refractivity contribution in [3.05, 3.63) is 53.2 Å². The van der Waals surface area contributed by atoms with Crippen LogP contribution in [0.25, 0.3) is 16.4 Å². The fraction of sp³-hybridized carbons (Fsp3) is 0.300. The molecule has 0 spiro atoms. The van der Waals surface area contributed by atoms with E-state index in [0.717, 1.165) is 12.1 Å². The first-order chi connectivity index (χ1) is 14.4. The van der Waals surface area contributed by atoms with Crippen LogP contribution in [-0.2, 0) is 11.0 Å². The highest BCUT2D eigenvalue weighted by atomic mass is 32.1. The molecule has 3 rings (SSSR count). The Hall–Kier alpha value is -3.21. The fourth-order valence-corrected chi connectivity index (χ4v) is 3.37. The van der Waals surface area contributed by atoms with Gasteiger partial charge in [-0.05, 0) is 50.4 Å². The Bertz CT molecular complexity index is 1090. The summed E-state index contributed by atoms with van der Waals surface area (Å²) in [6, 6.07) is 8.06. The number of carbonyl (C=O) groups is 2. The van der Waals surface area contributed by atoms with E-state index in [1.165, 1.54) is 28.2 Å². The number of nitrogens with zero attached hydrogens (tertiary/aromatic N) is 3. The van der Waals surface area contributed by atoms with E-state index in [1.54, 1.807) is 38.3 Å². The number of alkyl halides is 3. The molecule has 0 fully saturated rings. The Morgan fingerprint density at radius 1 is 1.13 bits per heavy atom. The second-order valence-corrected chi connectivity index (χ2v) is 8.62. The van der Waals surface area contributed by atoms with Crippen molar-refractivity contribution < 1.29 is 22.8 Å². The summed E-state index contributed by atoms with van der Waals surface area (Å²) >= 11 is 1.30. The lowest BCUT2D eigenvalue weighted by molar-refractivity contribution is -0.137. The van der Waals surface area contributed by atoms with Crippen molar-refractivity contribution in [3.63, 3.8) is 0 Å². The average molecular weight is 451 g/mol. The van der Waals surface area contributed by atoms with E-state index in [9.17, 15) is 22.8 Å². The van der Waals surface area contributed by atoms with Crippen LogP contribution in [0.5, 0.6) is 0 Å². The van der Waals surface area contributed by atoms with Crippen LogP contribution >= 0.6 is 11.3 Å². The van der Waals surface area contributed by atoms with Crippen LogP contribution in [0.4, 0.5) is 13.2 Å². The first-order valence-electron chi connectivity index (χ1n) is 9.22. The molecule has 0 aliphatic heterocycles. The highest BCUT2D eigenvalue weighted by molar-refractivity contribution is 7.13. The molecule has 0 aliphatic carbocycles. The Kier molecular flexibility index (Phi) is 6.16. The number of halogens is 3. The molecule has 7 nitrogen and oxygen atoms in total. The van der Waals surface area contributed by atoms with Gasteiger partial charge in [-0.15, -0.1) is 16.4 Å². The smallest absolute Gasteiger partial charge is 0.350 e. The zero-order chi connectivity index (χ0) is 22.8. The van der Waals surface area contributed by atoms with Crippen molar-refractivity contribution >= 4 is 23.2 Å². The first kappa shape index (κ1) is 22.5. The van der Waals surface area contributed by atoms with E-state index in [1.807, 2.05) is 0 Å². The maximum atomic E-state index is 13.1. The third kappa shape index (κ3) is 5.69. The minimum atomic E-state index is -4.53. The van der Waals surface area contributed by atoms with E-state index in [-0.39, 0.29) is 23.9 Å². The lowest BCUT2D eigenvalue weighted by Gasteiger charge is -2.20. The van der Waals surface area contributed by atoms with E-state index in [4.69, 9.17) is 0 Å². The van der Waals surface area contributed by atoms with Gasteiger partial charge in [0.25, 0.3) is 5.91 Å². The highest BCUT2D eigenvalue weighted by Gasteiger charge is 2.31. The largest absolute Gasteiger partial charge is 0.416 e. The second kappa shape index (κ2) is 8.50. The molecule has 2 heterocycles. The molecule has 2 amide bonds. The number of carbonyl (C=O) groups excluding carboxylic acids is 2. The number of hydrogen-bond acceptors (Lipinski definition) is 5. The number of nitrogens with one attached hydrogen (secondary N) is 2. The first-order valence-corrected chi connectivity index (χ1v) is 10.1. The Morgan fingerprint density at radius 3 is 2.48 bits per heavy atom. The Morgan fingerprint density at radius 2 is 1.87 bits per heavy atom. The molecule has 164 valence electrons. The fourth-order valence-electron chi connectivity index (χ4n) is 2.67. The molecule has 31 heavy (non-hydrogen) atoms. The molecule has 0 saturated carbocycles. The van der Waals surface area contributed by atoms with Crippen molar-refractivity contribution in [1.29, 1.82) is 0 Å². The van der Waals surface area contributed by atoms with Gasteiger partial charge in [0.15, 0.2) is 5.82 Å². The van der Waals surface area contributed by atoms with Gasteiger partial charge in [-0.2, -0.15) is 13.2 Å². The van der Waals surface area contributed by atoms with Crippen molar-refractivity contribution in [3.8, 4) is 16.4 Å². The third-order valence-corrected chi connectivity index (χ3v) is 4.76. The van der Waals surface area contributed by atoms with E-state index in [2.05, 4.69) is 20.7 Å². The standard InChI is InChI=1S/C20H20F3N5O2S/c1-19(2,3)26-15(29)11-24-18(30)16-25-17(14-8-5-9-31-14)28(27-16)13-7-4-6-12(10-13)20(21,22)23/h4-10H,11H2,1-3H3,(H,24,30)(H,26,29). The topological polar surface area (TPSA) is 88.9 Å². The summed E-state index contributed by atoms with van der Waals surface area (Å²) in [7, 11) is 0. The second-order valence-electron chi connectivity index (χ2n) is 7.68. The summed E-state index contributed by atoms with van der Waals surface area (Å²) in [5.41, 5.74) is -1.20. The van der Waals surface area contributed by atoms with Gasteiger partial charge in [-0.3, -0.25) is 9.59 Å². The van der Waals surface area contributed by atoms with Gasteiger partial charge >= 0.3 is 6.18 Å². The molecule has 2 aromatic heterocycles. The van der Waals surface area contributed by atoms with Crippen LogP contribution < -0.4 is 10.6 Å². The summed E-state index contributed by atoms with van der Waals surface area (Å²) < 4.78 is 40.6. The van der Waals surface area contributed by atoms with Crippen molar-refractivity contribution in [2.75, 3.05) is 6.54 Å². The number of benzene rings is 1. The van der Waals surface area contributed by atoms with Crippen LogP contribution in [0.2, 0.25) is 0 Å².